The van der Waals surface area contributed by atoms with Crippen molar-refractivity contribution >= 4 is 22.4 Å². The third-order valence-electron chi connectivity index (χ3n) is 2.62. The lowest BCUT2D eigenvalue weighted by molar-refractivity contribution is 0.515. The van der Waals surface area contributed by atoms with E-state index in [1.807, 2.05) is 6.92 Å². The highest BCUT2D eigenvalue weighted by molar-refractivity contribution is 7.89. The van der Waals surface area contributed by atoms with Crippen LogP contribution in [0.15, 0.2) is 29.2 Å². The molecule has 0 saturated heterocycles. The molecule has 0 aliphatic carbocycles. The van der Waals surface area contributed by atoms with E-state index in [1.54, 1.807) is 0 Å². The average Bonchev–Trinajstić information content (AvgIpc) is 2.34. The molecule has 0 bridgehead atoms. The molecule has 7 heteroatoms. The number of nitrogens with one attached hydrogen (secondary N) is 1. The predicted octanol–water partition coefficient (Wildman–Crippen LogP) is 2.04. The summed E-state index contributed by atoms with van der Waals surface area (Å²) < 4.78 is 39.5. The van der Waals surface area contributed by atoms with Gasteiger partial charge < -0.3 is 5.73 Å². The van der Waals surface area contributed by atoms with E-state index in [9.17, 15) is 12.8 Å². The van der Waals surface area contributed by atoms with Crippen molar-refractivity contribution < 1.29 is 12.8 Å². The van der Waals surface area contributed by atoms with Crippen LogP contribution in [0.2, 0.25) is 0 Å². The molecule has 0 saturated carbocycles. The molecule has 0 aliphatic heterocycles. The topological polar surface area (TPSA) is 72.2 Å². The second-order valence-electron chi connectivity index (χ2n) is 4.15. The van der Waals surface area contributed by atoms with Crippen LogP contribution in [0.4, 0.5) is 4.39 Å². The molecule has 4 nitrogen and oxygen atoms in total. The van der Waals surface area contributed by atoms with E-state index < -0.39 is 15.8 Å². The maximum Gasteiger partial charge on any atom is 0.240 e. The van der Waals surface area contributed by atoms with E-state index in [2.05, 4.69) is 4.72 Å². The fourth-order valence-electron chi connectivity index (χ4n) is 1.60. The van der Waals surface area contributed by atoms with Crippen LogP contribution in [0.25, 0.3) is 0 Å². The van der Waals surface area contributed by atoms with Crippen LogP contribution < -0.4 is 10.5 Å². The summed E-state index contributed by atoms with van der Waals surface area (Å²) in [5.41, 5.74) is 5.53. The van der Waals surface area contributed by atoms with Gasteiger partial charge in [0.2, 0.25) is 10.0 Å². The van der Waals surface area contributed by atoms with Crippen molar-refractivity contribution in [1.82, 2.24) is 4.72 Å². The van der Waals surface area contributed by atoms with Gasteiger partial charge in [0.15, 0.2) is 0 Å². The smallest absolute Gasteiger partial charge is 0.240 e. The first-order chi connectivity index (χ1) is 8.49. The van der Waals surface area contributed by atoms with E-state index in [-0.39, 0.29) is 29.9 Å². The van der Waals surface area contributed by atoms with Gasteiger partial charge in [-0.25, -0.2) is 17.5 Å². The second-order valence-corrected chi connectivity index (χ2v) is 5.87. The highest BCUT2D eigenvalue weighted by Crippen LogP contribution is 2.12. The molecule has 1 unspecified atom stereocenters. The van der Waals surface area contributed by atoms with Gasteiger partial charge in [0.25, 0.3) is 0 Å². The van der Waals surface area contributed by atoms with Crippen molar-refractivity contribution in [2.45, 2.75) is 37.1 Å². The maximum absolute atomic E-state index is 13.0. The minimum absolute atomic E-state index is 0. The van der Waals surface area contributed by atoms with Crippen molar-refractivity contribution in [3.63, 3.8) is 0 Å². The fourth-order valence-corrected chi connectivity index (χ4v) is 2.91. The Morgan fingerprint density at radius 3 is 2.63 bits per heavy atom. The van der Waals surface area contributed by atoms with E-state index in [0.29, 0.717) is 6.42 Å². The Bertz CT molecular complexity index is 482. The van der Waals surface area contributed by atoms with E-state index in [0.717, 1.165) is 18.9 Å². The van der Waals surface area contributed by atoms with Crippen LogP contribution in [-0.4, -0.2) is 21.0 Å². The quantitative estimate of drug-likeness (QED) is 0.809. The number of nitrogens with two attached hydrogens (primary N) is 1. The summed E-state index contributed by atoms with van der Waals surface area (Å²) >= 11 is 0. The molecule has 110 valence electrons. The van der Waals surface area contributed by atoms with Gasteiger partial charge in [-0.1, -0.05) is 25.8 Å². The van der Waals surface area contributed by atoms with Crippen LogP contribution >= 0.6 is 12.4 Å². The van der Waals surface area contributed by atoms with Crippen LogP contribution in [0.5, 0.6) is 0 Å². The average molecular weight is 311 g/mol. The normalized spacial score (nSPS) is 12.8. The van der Waals surface area contributed by atoms with Crippen molar-refractivity contribution in [2.24, 2.45) is 5.73 Å². The fraction of sp³-hybridized carbons (Fsp3) is 0.500. The van der Waals surface area contributed by atoms with Gasteiger partial charge in [-0.05, 0) is 24.6 Å². The molecule has 0 radical (unpaired) electrons. The van der Waals surface area contributed by atoms with Crippen LogP contribution in [0.1, 0.15) is 26.2 Å². The van der Waals surface area contributed by atoms with Gasteiger partial charge in [0.1, 0.15) is 5.82 Å². The minimum Gasteiger partial charge on any atom is -0.329 e. The van der Waals surface area contributed by atoms with Gasteiger partial charge >= 0.3 is 0 Å². The van der Waals surface area contributed by atoms with E-state index in [4.69, 9.17) is 5.73 Å². The minimum atomic E-state index is -3.69. The van der Waals surface area contributed by atoms with Gasteiger partial charge in [0, 0.05) is 12.6 Å². The monoisotopic (exact) mass is 310 g/mol. The number of hydrogen-bond acceptors (Lipinski definition) is 3. The molecular weight excluding hydrogens is 291 g/mol. The molecule has 0 spiro atoms. The number of unbranched alkanes of at least 4 members (excludes halogenated alkanes) is 1. The molecule has 0 heterocycles. The number of rotatable bonds is 7. The number of sulfonamides is 1. The summed E-state index contributed by atoms with van der Waals surface area (Å²) in [7, 11) is -3.69. The third kappa shape index (κ3) is 5.86. The van der Waals surface area contributed by atoms with Gasteiger partial charge in [0.05, 0.1) is 4.90 Å². The summed E-state index contributed by atoms with van der Waals surface area (Å²) in [5.74, 6) is -0.573. The molecule has 1 rings (SSSR count). The van der Waals surface area contributed by atoms with Crippen molar-refractivity contribution in [3.8, 4) is 0 Å². The van der Waals surface area contributed by atoms with Crippen LogP contribution in [0, 0.1) is 5.82 Å². The first-order valence-corrected chi connectivity index (χ1v) is 7.46. The number of halogens is 2. The Kier molecular flexibility index (Phi) is 8.17. The highest BCUT2D eigenvalue weighted by Gasteiger charge is 2.19. The highest BCUT2D eigenvalue weighted by atomic mass is 35.5. The van der Waals surface area contributed by atoms with Crippen molar-refractivity contribution in [2.75, 3.05) is 6.54 Å². The molecule has 1 aromatic carbocycles. The molecule has 0 fully saturated rings. The number of hydrogen-bond donors (Lipinski definition) is 2. The predicted molar refractivity (Wildman–Crippen MR) is 76.3 cm³/mol. The zero-order valence-electron chi connectivity index (χ0n) is 10.8. The first kappa shape index (κ1) is 18.3. The summed E-state index contributed by atoms with van der Waals surface area (Å²) in [5, 5.41) is 0. The molecule has 1 atom stereocenters. The summed E-state index contributed by atoms with van der Waals surface area (Å²) in [4.78, 5) is -0.0718. The van der Waals surface area contributed by atoms with E-state index >= 15 is 0 Å². The SMILES string of the molecule is CCCCC(CN)NS(=O)(=O)c1cccc(F)c1.Cl. The van der Waals surface area contributed by atoms with Crippen LogP contribution in [-0.2, 0) is 10.0 Å². The molecule has 0 amide bonds. The van der Waals surface area contributed by atoms with Crippen molar-refractivity contribution in [1.29, 1.82) is 0 Å². The Morgan fingerprint density at radius 1 is 1.42 bits per heavy atom. The lowest BCUT2D eigenvalue weighted by atomic mass is 10.1. The third-order valence-corrected chi connectivity index (χ3v) is 4.14. The lowest BCUT2D eigenvalue weighted by Crippen LogP contribution is -2.40. The summed E-state index contributed by atoms with van der Waals surface area (Å²) in [6.45, 7) is 2.25. The molecular formula is C12H20ClFN2O2S. The Balaban J connectivity index is 0.00000324. The standard InChI is InChI=1S/C12H19FN2O2S.ClH/c1-2-3-6-11(9-14)15-18(16,17)12-7-4-5-10(13)8-12;/h4-5,7-8,11,15H,2-3,6,9,14H2,1H3;1H. The Hall–Kier alpha value is -0.690. The van der Waals surface area contributed by atoms with E-state index in [1.165, 1.54) is 18.2 Å². The molecule has 0 aromatic heterocycles. The lowest BCUT2D eigenvalue weighted by Gasteiger charge is -2.16. The molecule has 1 aromatic rings. The Morgan fingerprint density at radius 2 is 2.11 bits per heavy atom. The summed E-state index contributed by atoms with van der Waals surface area (Å²) in [6, 6.07) is 4.62. The van der Waals surface area contributed by atoms with Gasteiger partial charge in [-0.3, -0.25) is 0 Å². The zero-order chi connectivity index (χ0) is 13.6. The molecule has 19 heavy (non-hydrogen) atoms. The second kappa shape index (κ2) is 8.47. The first-order valence-electron chi connectivity index (χ1n) is 5.97. The largest absolute Gasteiger partial charge is 0.329 e. The molecule has 0 aliphatic rings. The summed E-state index contributed by atoms with van der Waals surface area (Å²) in [6.07, 6.45) is 2.55. The van der Waals surface area contributed by atoms with Crippen LogP contribution in [0.3, 0.4) is 0 Å². The van der Waals surface area contributed by atoms with Gasteiger partial charge in [-0.2, -0.15) is 0 Å². The number of benzene rings is 1. The van der Waals surface area contributed by atoms with Gasteiger partial charge in [-0.15, -0.1) is 12.4 Å². The maximum atomic E-state index is 13.0. The van der Waals surface area contributed by atoms with Crippen molar-refractivity contribution in [3.05, 3.63) is 30.1 Å². The Labute approximate surface area is 120 Å². The zero-order valence-corrected chi connectivity index (χ0v) is 12.4. The molecule has 3 N–H and O–H groups in total.